The number of benzene rings is 5. The summed E-state index contributed by atoms with van der Waals surface area (Å²) in [5.74, 6) is 0. The van der Waals surface area contributed by atoms with E-state index in [2.05, 4.69) is 107 Å². The highest BCUT2D eigenvalue weighted by atomic mass is 16.3. The fourth-order valence-corrected chi connectivity index (χ4v) is 6.07. The lowest BCUT2D eigenvalue weighted by Crippen LogP contribution is -2.38. The molecule has 0 fully saturated rings. The van der Waals surface area contributed by atoms with Crippen molar-refractivity contribution in [3.05, 3.63) is 167 Å². The number of hydrogen-bond donors (Lipinski definition) is 1. The zero-order valence-corrected chi connectivity index (χ0v) is 23.1. The number of rotatable bonds is 7. The van der Waals surface area contributed by atoms with E-state index in [1.165, 1.54) is 0 Å². The Bertz CT molecular complexity index is 1640. The Morgan fingerprint density at radius 1 is 0.650 bits per heavy atom. The van der Waals surface area contributed by atoms with E-state index < -0.39 is 11.6 Å². The van der Waals surface area contributed by atoms with Gasteiger partial charge >= 0.3 is 0 Å². The Balaban J connectivity index is 1.59. The van der Waals surface area contributed by atoms with Crippen molar-refractivity contribution in [3.63, 3.8) is 0 Å². The van der Waals surface area contributed by atoms with Gasteiger partial charge in [0.05, 0.1) is 12.0 Å². The second kappa shape index (κ2) is 10.5. The summed E-state index contributed by atoms with van der Waals surface area (Å²) in [7, 11) is 4.08. The first kappa shape index (κ1) is 25.6. The van der Waals surface area contributed by atoms with Crippen molar-refractivity contribution in [2.24, 2.45) is 0 Å². The minimum atomic E-state index is -0.887. The SMILES string of the molecule is Cc1c(C(O)c2ccc(N(C)C)c3ccccc23)ncn1C(c1ccccc1)(c1ccccc1)c1ccccc1. The summed E-state index contributed by atoms with van der Waals surface area (Å²) < 4.78 is 2.22. The summed E-state index contributed by atoms with van der Waals surface area (Å²) in [6.07, 6.45) is 0.999. The van der Waals surface area contributed by atoms with Gasteiger partial charge in [-0.05, 0) is 40.6 Å². The zero-order valence-electron chi connectivity index (χ0n) is 23.1. The van der Waals surface area contributed by atoms with Crippen LogP contribution in [-0.2, 0) is 5.54 Å². The number of fused-ring (bicyclic) bond motifs is 1. The lowest BCUT2D eigenvalue weighted by Gasteiger charge is -2.38. The highest BCUT2D eigenvalue weighted by molar-refractivity contribution is 5.96. The Kier molecular flexibility index (Phi) is 6.71. The molecule has 6 aromatic rings. The van der Waals surface area contributed by atoms with Gasteiger partial charge in [-0.3, -0.25) is 0 Å². The summed E-state index contributed by atoms with van der Waals surface area (Å²) >= 11 is 0. The van der Waals surface area contributed by atoms with Gasteiger partial charge in [-0.2, -0.15) is 0 Å². The number of aromatic nitrogens is 2. The molecule has 1 aromatic heterocycles. The summed E-state index contributed by atoms with van der Waals surface area (Å²) in [6, 6.07) is 44.0. The van der Waals surface area contributed by atoms with Crippen LogP contribution in [0.1, 0.15) is 39.7 Å². The van der Waals surface area contributed by atoms with Crippen molar-refractivity contribution in [2.75, 3.05) is 19.0 Å². The standard InChI is InChI=1S/C36H33N3O/c1-26-34(35(40)32-23-24-33(38(2)3)31-22-14-13-21-30(31)32)37-25-39(26)36(27-15-7-4-8-16-27,28-17-9-5-10-18-28)29-19-11-6-12-20-29/h4-25,35,40H,1-3H3. The minimum Gasteiger partial charge on any atom is -0.382 e. The lowest BCUT2D eigenvalue weighted by atomic mass is 9.76. The fraction of sp³-hybridized carbons (Fsp3) is 0.139. The molecule has 0 aliphatic heterocycles. The third kappa shape index (κ3) is 4.09. The first-order valence-corrected chi connectivity index (χ1v) is 13.6. The van der Waals surface area contributed by atoms with Crippen LogP contribution >= 0.6 is 0 Å². The molecule has 1 atom stereocenters. The molecular formula is C36H33N3O. The maximum Gasteiger partial charge on any atom is 0.123 e. The molecule has 1 N–H and O–H groups in total. The smallest absolute Gasteiger partial charge is 0.123 e. The average Bonchev–Trinajstić information content (AvgIpc) is 3.39. The van der Waals surface area contributed by atoms with E-state index in [9.17, 15) is 5.11 Å². The van der Waals surface area contributed by atoms with Gasteiger partial charge < -0.3 is 14.6 Å². The predicted molar refractivity (Wildman–Crippen MR) is 164 cm³/mol. The Morgan fingerprint density at radius 2 is 1.12 bits per heavy atom. The van der Waals surface area contributed by atoms with Gasteiger partial charge in [0.2, 0.25) is 0 Å². The van der Waals surface area contributed by atoms with Crippen LogP contribution in [0.2, 0.25) is 0 Å². The molecule has 5 aromatic carbocycles. The third-order valence-electron chi connectivity index (χ3n) is 7.95. The van der Waals surface area contributed by atoms with Gasteiger partial charge in [-0.15, -0.1) is 0 Å². The molecule has 4 nitrogen and oxygen atoms in total. The van der Waals surface area contributed by atoms with Crippen LogP contribution in [0.4, 0.5) is 5.69 Å². The number of hydrogen-bond acceptors (Lipinski definition) is 3. The van der Waals surface area contributed by atoms with Crippen LogP contribution in [0.25, 0.3) is 10.8 Å². The maximum atomic E-state index is 11.9. The molecular weight excluding hydrogens is 490 g/mol. The number of aliphatic hydroxyl groups excluding tert-OH is 1. The third-order valence-corrected chi connectivity index (χ3v) is 7.95. The van der Waals surface area contributed by atoms with E-state index >= 15 is 0 Å². The Labute approximate surface area is 235 Å². The van der Waals surface area contributed by atoms with Gasteiger partial charge in [0.25, 0.3) is 0 Å². The predicted octanol–water partition coefficient (Wildman–Crippen LogP) is 7.33. The van der Waals surface area contributed by atoms with E-state index in [1.807, 2.05) is 56.8 Å². The van der Waals surface area contributed by atoms with Crippen LogP contribution in [0.5, 0.6) is 0 Å². The summed E-state index contributed by atoms with van der Waals surface area (Å²) in [4.78, 5) is 7.00. The molecule has 0 aliphatic rings. The van der Waals surface area contributed by atoms with Crippen molar-refractivity contribution in [1.29, 1.82) is 0 Å². The largest absolute Gasteiger partial charge is 0.382 e. The number of nitrogens with zero attached hydrogens (tertiary/aromatic N) is 3. The first-order chi connectivity index (χ1) is 19.5. The molecule has 1 heterocycles. The maximum absolute atomic E-state index is 11.9. The van der Waals surface area contributed by atoms with Crippen molar-refractivity contribution in [1.82, 2.24) is 9.55 Å². The number of aliphatic hydroxyl groups is 1. The lowest BCUT2D eigenvalue weighted by molar-refractivity contribution is 0.216. The number of anilines is 1. The summed E-state index contributed by atoms with van der Waals surface area (Å²) in [6.45, 7) is 2.06. The van der Waals surface area contributed by atoms with E-state index in [0.717, 1.165) is 44.4 Å². The molecule has 40 heavy (non-hydrogen) atoms. The van der Waals surface area contributed by atoms with E-state index in [0.29, 0.717) is 5.69 Å². The van der Waals surface area contributed by atoms with Gasteiger partial charge in [-0.25, -0.2) is 4.98 Å². The van der Waals surface area contributed by atoms with Gasteiger partial charge in [-0.1, -0.05) is 121 Å². The van der Waals surface area contributed by atoms with Crippen LogP contribution < -0.4 is 4.90 Å². The topological polar surface area (TPSA) is 41.3 Å². The van der Waals surface area contributed by atoms with Gasteiger partial charge in [0.1, 0.15) is 11.6 Å². The molecule has 4 heteroatoms. The second-order valence-corrected chi connectivity index (χ2v) is 10.4. The fourth-order valence-electron chi connectivity index (χ4n) is 6.07. The van der Waals surface area contributed by atoms with Crippen molar-refractivity contribution in [3.8, 4) is 0 Å². The minimum absolute atomic E-state index is 0.648. The molecule has 0 radical (unpaired) electrons. The molecule has 198 valence electrons. The van der Waals surface area contributed by atoms with Crippen LogP contribution in [0.15, 0.2) is 134 Å². The zero-order chi connectivity index (χ0) is 27.7. The monoisotopic (exact) mass is 523 g/mol. The molecule has 6 rings (SSSR count). The van der Waals surface area contributed by atoms with Crippen LogP contribution in [-0.4, -0.2) is 28.8 Å². The highest BCUT2D eigenvalue weighted by Crippen LogP contribution is 2.43. The van der Waals surface area contributed by atoms with Crippen molar-refractivity contribution < 1.29 is 5.11 Å². The molecule has 0 bridgehead atoms. The van der Waals surface area contributed by atoms with Crippen LogP contribution in [0.3, 0.4) is 0 Å². The van der Waals surface area contributed by atoms with Gasteiger partial charge in [0.15, 0.2) is 0 Å². The van der Waals surface area contributed by atoms with Crippen LogP contribution in [0, 0.1) is 6.92 Å². The molecule has 0 aliphatic carbocycles. The Morgan fingerprint density at radius 3 is 1.62 bits per heavy atom. The normalized spacial score (nSPS) is 12.4. The van der Waals surface area contributed by atoms with Gasteiger partial charge in [0, 0.05) is 30.9 Å². The summed E-state index contributed by atoms with van der Waals surface area (Å²) in [5, 5.41) is 14.0. The van der Waals surface area contributed by atoms with E-state index in [4.69, 9.17) is 4.98 Å². The first-order valence-electron chi connectivity index (χ1n) is 13.6. The van der Waals surface area contributed by atoms with E-state index in [1.54, 1.807) is 0 Å². The quantitative estimate of drug-likeness (QED) is 0.223. The second-order valence-electron chi connectivity index (χ2n) is 10.4. The van der Waals surface area contributed by atoms with E-state index in [-0.39, 0.29) is 0 Å². The molecule has 0 saturated heterocycles. The molecule has 1 unspecified atom stereocenters. The average molecular weight is 524 g/mol. The number of imidazole rings is 1. The molecule has 0 saturated carbocycles. The van der Waals surface area contributed by atoms with Crippen molar-refractivity contribution >= 4 is 16.5 Å². The Hall–Kier alpha value is -4.67. The highest BCUT2D eigenvalue weighted by Gasteiger charge is 2.40. The summed E-state index contributed by atoms with van der Waals surface area (Å²) in [5.41, 5.74) is 6.19. The molecule has 0 amide bonds. The molecule has 0 spiro atoms. The van der Waals surface area contributed by atoms with Crippen molar-refractivity contribution in [2.45, 2.75) is 18.6 Å².